The van der Waals surface area contributed by atoms with Gasteiger partial charge >= 0.3 is 0 Å². The van der Waals surface area contributed by atoms with Gasteiger partial charge in [0.15, 0.2) is 0 Å². The zero-order valence-electron chi connectivity index (χ0n) is 18.3. The van der Waals surface area contributed by atoms with E-state index in [2.05, 4.69) is 59.4 Å². The molecule has 0 radical (unpaired) electrons. The Labute approximate surface area is 192 Å². The molecule has 0 spiro atoms. The fourth-order valence-electron chi connectivity index (χ4n) is 3.98. The van der Waals surface area contributed by atoms with E-state index >= 15 is 0 Å². The van der Waals surface area contributed by atoms with Gasteiger partial charge in [0.25, 0.3) is 0 Å². The second-order valence-corrected chi connectivity index (χ2v) is 9.17. The van der Waals surface area contributed by atoms with Gasteiger partial charge in [0.1, 0.15) is 0 Å². The quantitative estimate of drug-likeness (QED) is 0.351. The number of fused-ring (bicyclic) bond motifs is 4. The van der Waals surface area contributed by atoms with Gasteiger partial charge in [-0.2, -0.15) is 0 Å². The Balaban J connectivity index is 1.65. The minimum absolute atomic E-state index is 0.861. The third kappa shape index (κ3) is 7.01. The molecule has 164 valence electrons. The van der Waals surface area contributed by atoms with Crippen molar-refractivity contribution in [3.8, 4) is 0 Å². The fourth-order valence-corrected chi connectivity index (χ4v) is 4.55. The highest BCUT2D eigenvalue weighted by Gasteiger charge is 2.09. The van der Waals surface area contributed by atoms with Crippen LogP contribution in [-0.2, 0) is 26.2 Å². The molecule has 0 saturated carbocycles. The second-order valence-electron chi connectivity index (χ2n) is 8.28. The van der Waals surface area contributed by atoms with E-state index in [4.69, 9.17) is 25.3 Å². The van der Waals surface area contributed by atoms with E-state index in [1.54, 1.807) is 0 Å². The molecule has 3 rings (SSSR count). The molecule has 1 aliphatic rings. The normalized spacial score (nSPS) is 17.5. The number of rotatable bonds is 0. The highest BCUT2D eigenvalue weighted by atomic mass is 32.1. The van der Waals surface area contributed by atoms with Gasteiger partial charge < -0.3 is 21.3 Å². The summed E-state index contributed by atoms with van der Waals surface area (Å²) < 4.78 is 0. The van der Waals surface area contributed by atoms with E-state index in [-0.39, 0.29) is 0 Å². The first kappa shape index (κ1) is 23.6. The Morgan fingerprint density at radius 1 is 0.533 bits per heavy atom. The highest BCUT2D eigenvalue weighted by molar-refractivity contribution is 7.80. The lowest BCUT2D eigenvalue weighted by atomic mass is 10.1. The topological polar surface area (TPSA) is 48.1 Å². The van der Waals surface area contributed by atoms with Crippen LogP contribution in [0.25, 0.3) is 0 Å². The third-order valence-electron chi connectivity index (χ3n) is 5.50. The molecule has 30 heavy (non-hydrogen) atoms. The molecule has 1 aliphatic heterocycles. The molecular formula is C24H36N4S2. The number of aryl methyl sites for hydroxylation is 2. The monoisotopic (exact) mass is 444 g/mol. The van der Waals surface area contributed by atoms with Crippen LogP contribution < -0.4 is 21.3 Å². The second kappa shape index (κ2) is 12.1. The first-order valence-corrected chi connectivity index (χ1v) is 11.9. The van der Waals surface area contributed by atoms with Gasteiger partial charge in [-0.1, -0.05) is 35.4 Å². The number of thiol groups is 2. The number of hydrogen-bond acceptors (Lipinski definition) is 6. The van der Waals surface area contributed by atoms with Crippen LogP contribution in [0.15, 0.2) is 34.1 Å². The van der Waals surface area contributed by atoms with E-state index in [1.807, 2.05) is 0 Å². The van der Waals surface area contributed by atoms with Crippen molar-refractivity contribution in [1.29, 1.82) is 0 Å². The minimum atomic E-state index is 0.861. The first-order chi connectivity index (χ1) is 14.5. The molecule has 0 atom stereocenters. The van der Waals surface area contributed by atoms with Gasteiger partial charge in [-0.3, -0.25) is 0 Å². The molecule has 2 aromatic carbocycles. The predicted octanol–water partition coefficient (Wildman–Crippen LogP) is 3.73. The molecule has 4 bridgehead atoms. The van der Waals surface area contributed by atoms with Crippen molar-refractivity contribution in [2.75, 3.05) is 26.2 Å². The van der Waals surface area contributed by atoms with E-state index in [0.717, 1.165) is 75.0 Å². The molecule has 0 aromatic heterocycles. The molecular weight excluding hydrogens is 408 g/mol. The van der Waals surface area contributed by atoms with E-state index in [1.165, 1.54) is 33.4 Å². The van der Waals surface area contributed by atoms with Crippen LogP contribution in [0.3, 0.4) is 0 Å². The Kier molecular flexibility index (Phi) is 9.56. The smallest absolute Gasteiger partial charge is 0.0216 e. The average Bonchev–Trinajstić information content (AvgIpc) is 2.71. The predicted molar refractivity (Wildman–Crippen MR) is 133 cm³/mol. The van der Waals surface area contributed by atoms with Crippen LogP contribution in [0, 0.1) is 13.8 Å². The Hall–Kier alpha value is -1.02. The molecule has 4 N–H and O–H groups in total. The summed E-state index contributed by atoms with van der Waals surface area (Å²) in [5, 5.41) is 14.3. The summed E-state index contributed by atoms with van der Waals surface area (Å²) in [6, 6.07) is 8.99. The van der Waals surface area contributed by atoms with Crippen LogP contribution in [0.2, 0.25) is 0 Å². The summed E-state index contributed by atoms with van der Waals surface area (Å²) in [4.78, 5) is 2.22. The van der Waals surface area contributed by atoms with Gasteiger partial charge in [-0.15, -0.1) is 25.3 Å². The Morgan fingerprint density at radius 3 is 1.07 bits per heavy atom. The van der Waals surface area contributed by atoms with Crippen LogP contribution in [-0.4, -0.2) is 26.2 Å². The van der Waals surface area contributed by atoms with Crippen molar-refractivity contribution >= 4 is 25.3 Å². The van der Waals surface area contributed by atoms with Gasteiger partial charge in [0.05, 0.1) is 0 Å². The Morgan fingerprint density at radius 2 is 0.800 bits per heavy atom. The SMILES string of the molecule is Cc1cc2c(S)c(c1)CNCCCNCc1cc(C)cc(c1S)CNCCCNC2. The molecule has 0 amide bonds. The fraction of sp³-hybridized carbons (Fsp3) is 0.500. The van der Waals surface area contributed by atoms with Crippen LogP contribution in [0.1, 0.15) is 46.2 Å². The largest absolute Gasteiger partial charge is 0.313 e. The van der Waals surface area contributed by atoms with Crippen LogP contribution in [0.5, 0.6) is 0 Å². The van der Waals surface area contributed by atoms with Crippen molar-refractivity contribution in [2.45, 2.75) is 62.7 Å². The maximum absolute atomic E-state index is 4.82. The molecule has 0 saturated heterocycles. The number of hydrogen-bond donors (Lipinski definition) is 6. The maximum atomic E-state index is 4.82. The maximum Gasteiger partial charge on any atom is 0.0216 e. The van der Waals surface area contributed by atoms with E-state index in [9.17, 15) is 0 Å². The lowest BCUT2D eigenvalue weighted by molar-refractivity contribution is 0.578. The molecule has 0 fully saturated rings. The first-order valence-electron chi connectivity index (χ1n) is 11.0. The summed E-state index contributed by atoms with van der Waals surface area (Å²) in [6.07, 6.45) is 2.18. The number of benzene rings is 2. The summed E-state index contributed by atoms with van der Waals surface area (Å²) in [6.45, 7) is 11.7. The van der Waals surface area contributed by atoms with Gasteiger partial charge in [-0.05, 0) is 75.1 Å². The zero-order chi connectivity index (χ0) is 21.3. The molecule has 1 heterocycles. The van der Waals surface area contributed by atoms with E-state index in [0.29, 0.717) is 0 Å². The van der Waals surface area contributed by atoms with Crippen molar-refractivity contribution in [2.24, 2.45) is 0 Å². The van der Waals surface area contributed by atoms with Gasteiger partial charge in [0.2, 0.25) is 0 Å². The zero-order valence-corrected chi connectivity index (χ0v) is 20.1. The third-order valence-corrected chi connectivity index (χ3v) is 6.65. The standard InChI is InChI=1S/C24H36N4S2/c1-17-9-19-13-25-5-3-7-27-15-21-11-18(2)12-22(24(21)30)16-28-8-4-6-26-14-20(10-17)23(19)29/h9-12,25-30H,3-8,13-16H2,1-2H3. The lowest BCUT2D eigenvalue weighted by Crippen LogP contribution is -2.24. The summed E-state index contributed by atoms with van der Waals surface area (Å²) in [5.41, 5.74) is 7.73. The summed E-state index contributed by atoms with van der Waals surface area (Å²) in [5.74, 6) is 0. The van der Waals surface area contributed by atoms with E-state index < -0.39 is 0 Å². The average molecular weight is 445 g/mol. The van der Waals surface area contributed by atoms with Crippen molar-refractivity contribution in [3.63, 3.8) is 0 Å². The van der Waals surface area contributed by atoms with Crippen molar-refractivity contribution < 1.29 is 0 Å². The minimum Gasteiger partial charge on any atom is -0.313 e. The lowest BCUT2D eigenvalue weighted by Gasteiger charge is -2.16. The number of nitrogens with one attached hydrogen (secondary N) is 4. The summed E-state index contributed by atoms with van der Waals surface area (Å²) >= 11 is 9.64. The van der Waals surface area contributed by atoms with Crippen LogP contribution in [0.4, 0.5) is 0 Å². The Bertz CT molecular complexity index is 710. The molecule has 0 aliphatic carbocycles. The molecule has 6 heteroatoms. The molecule has 0 unspecified atom stereocenters. The van der Waals surface area contributed by atoms with Crippen molar-refractivity contribution in [1.82, 2.24) is 21.3 Å². The molecule has 2 aromatic rings. The van der Waals surface area contributed by atoms with Crippen LogP contribution >= 0.6 is 25.3 Å². The van der Waals surface area contributed by atoms with Gasteiger partial charge in [0, 0.05) is 36.0 Å². The summed E-state index contributed by atoms with van der Waals surface area (Å²) in [7, 11) is 0. The van der Waals surface area contributed by atoms with Crippen molar-refractivity contribution in [3.05, 3.63) is 57.6 Å². The highest BCUT2D eigenvalue weighted by Crippen LogP contribution is 2.23. The molecule has 4 nitrogen and oxygen atoms in total. The van der Waals surface area contributed by atoms with Gasteiger partial charge in [-0.25, -0.2) is 0 Å².